The summed E-state index contributed by atoms with van der Waals surface area (Å²) in [6, 6.07) is 12.6. The highest BCUT2D eigenvalue weighted by Crippen LogP contribution is 2.38. The molecule has 0 saturated carbocycles. The van der Waals surface area contributed by atoms with Gasteiger partial charge in [-0.3, -0.25) is 9.78 Å². The summed E-state index contributed by atoms with van der Waals surface area (Å²) in [6.45, 7) is -0.615. The van der Waals surface area contributed by atoms with Crippen LogP contribution in [0.3, 0.4) is 0 Å². The zero-order valence-corrected chi connectivity index (χ0v) is 18.4. The Kier molecular flexibility index (Phi) is 5.65. The number of aliphatic hydroxyl groups is 3. The largest absolute Gasteiger partial charge is 0.394 e. The van der Waals surface area contributed by atoms with Crippen LogP contribution in [0.4, 0.5) is 27.9 Å². The summed E-state index contributed by atoms with van der Waals surface area (Å²) in [4.78, 5) is 32.7. The molecule has 1 aromatic heterocycles. The molecule has 35 heavy (non-hydrogen) atoms. The Morgan fingerprint density at radius 3 is 2.63 bits per heavy atom. The fraction of sp³-hybridized carbons (Fsp3) is 0.261. The van der Waals surface area contributed by atoms with Crippen LogP contribution in [0.2, 0.25) is 0 Å². The lowest BCUT2D eigenvalue weighted by Gasteiger charge is -2.30. The van der Waals surface area contributed by atoms with Crippen molar-refractivity contribution in [2.24, 2.45) is 0 Å². The van der Waals surface area contributed by atoms with E-state index in [9.17, 15) is 24.9 Å². The summed E-state index contributed by atoms with van der Waals surface area (Å²) >= 11 is 0. The number of anilines is 4. The molecule has 12 heteroatoms. The number of hydrogen-bond acceptors (Lipinski definition) is 9. The number of fused-ring (bicyclic) bond motifs is 3. The van der Waals surface area contributed by atoms with E-state index < -0.39 is 48.4 Å². The van der Waals surface area contributed by atoms with Gasteiger partial charge in [0.15, 0.2) is 12.0 Å². The number of benzene rings is 2. The van der Waals surface area contributed by atoms with Crippen LogP contribution >= 0.6 is 0 Å². The van der Waals surface area contributed by atoms with E-state index in [0.29, 0.717) is 12.1 Å². The highest BCUT2D eigenvalue weighted by atomic mass is 16.6. The Morgan fingerprint density at radius 1 is 1.14 bits per heavy atom. The number of ether oxygens (including phenoxy) is 1. The normalized spacial score (nSPS) is 22.5. The minimum Gasteiger partial charge on any atom is -0.394 e. The molecule has 182 valence electrons. The number of aliphatic hydroxyl groups excluding tert-OH is 3. The maximum Gasteiger partial charge on any atom is 0.329 e. The molecular formula is C23H24N6O6. The fourth-order valence-electron chi connectivity index (χ4n) is 4.50. The van der Waals surface area contributed by atoms with Gasteiger partial charge in [0.25, 0.3) is 5.56 Å². The molecule has 3 aromatic rings. The maximum atomic E-state index is 13.5. The van der Waals surface area contributed by atoms with Crippen molar-refractivity contribution in [3.8, 4) is 11.1 Å². The van der Waals surface area contributed by atoms with Gasteiger partial charge in [0.2, 0.25) is 5.95 Å². The number of amides is 2. The number of hydrogen-bond donors (Lipinski definition) is 7. The van der Waals surface area contributed by atoms with Crippen LogP contribution in [-0.4, -0.2) is 62.5 Å². The Bertz CT molecular complexity index is 1360. The third-order valence-corrected chi connectivity index (χ3v) is 6.22. The third kappa shape index (κ3) is 3.88. The van der Waals surface area contributed by atoms with E-state index >= 15 is 0 Å². The molecule has 1 saturated heterocycles. The Morgan fingerprint density at radius 2 is 1.89 bits per heavy atom. The lowest BCUT2D eigenvalue weighted by atomic mass is 10.1. The second-order valence-electron chi connectivity index (χ2n) is 8.42. The molecule has 2 heterocycles. The van der Waals surface area contributed by atoms with E-state index in [2.05, 4.69) is 15.3 Å². The molecule has 1 aliphatic heterocycles. The number of nitrogens with one attached hydrogen (secondary N) is 2. The first-order valence-corrected chi connectivity index (χ1v) is 10.9. The maximum absolute atomic E-state index is 13.5. The van der Waals surface area contributed by atoms with Gasteiger partial charge >= 0.3 is 6.03 Å². The Labute approximate surface area is 198 Å². The van der Waals surface area contributed by atoms with Gasteiger partial charge in [0, 0.05) is 5.69 Å². The zero-order valence-electron chi connectivity index (χ0n) is 18.4. The summed E-state index contributed by atoms with van der Waals surface area (Å²) in [5.74, 6) is -0.689. The molecule has 0 spiro atoms. The molecule has 1 fully saturated rings. The number of nitrogen functional groups attached to an aromatic ring is 2. The van der Waals surface area contributed by atoms with Gasteiger partial charge in [0.1, 0.15) is 24.0 Å². The number of nitrogens with two attached hydrogens (primary N) is 2. The van der Waals surface area contributed by atoms with E-state index in [-0.39, 0.29) is 11.8 Å². The predicted molar refractivity (Wildman–Crippen MR) is 128 cm³/mol. The van der Waals surface area contributed by atoms with Crippen molar-refractivity contribution in [2.45, 2.75) is 31.0 Å². The second-order valence-corrected chi connectivity index (χ2v) is 8.42. The minimum absolute atomic E-state index is 0.320. The van der Waals surface area contributed by atoms with Gasteiger partial charge in [-0.2, -0.15) is 4.98 Å². The number of aromatic amines is 1. The van der Waals surface area contributed by atoms with Gasteiger partial charge in [-0.15, -0.1) is 0 Å². The zero-order chi connectivity index (χ0) is 24.9. The van der Waals surface area contributed by atoms with E-state index in [0.717, 1.165) is 21.6 Å². The van der Waals surface area contributed by atoms with Crippen molar-refractivity contribution in [1.82, 2.24) is 9.97 Å². The van der Waals surface area contributed by atoms with E-state index in [1.54, 1.807) is 6.07 Å². The van der Waals surface area contributed by atoms with Crippen LogP contribution in [0.1, 0.15) is 11.1 Å². The molecule has 2 amide bonds. The van der Waals surface area contributed by atoms with Crippen molar-refractivity contribution in [3.63, 3.8) is 0 Å². The van der Waals surface area contributed by atoms with Crippen LogP contribution in [0.15, 0.2) is 47.3 Å². The monoisotopic (exact) mass is 480 g/mol. The summed E-state index contributed by atoms with van der Waals surface area (Å²) in [7, 11) is 0. The fourth-order valence-corrected chi connectivity index (χ4v) is 4.50. The van der Waals surface area contributed by atoms with E-state index in [4.69, 9.17) is 16.2 Å². The molecule has 0 radical (unpaired) electrons. The van der Waals surface area contributed by atoms with Crippen molar-refractivity contribution >= 4 is 29.2 Å². The number of carbonyl (C=O) groups excluding carboxylic acids is 1. The SMILES string of the molecule is Nc1nc(N(C(=O)Nc2ccc3c(c2)Cc2ccccc2-3)[C@@H]2O[C@H](CO)[C@@H](O)[C@H]2O)c(N)c(=O)[nH]1. The molecule has 5 rings (SSSR count). The molecule has 1 aliphatic carbocycles. The van der Waals surface area contributed by atoms with Crippen molar-refractivity contribution in [1.29, 1.82) is 0 Å². The van der Waals surface area contributed by atoms with Crippen molar-refractivity contribution < 1.29 is 24.9 Å². The smallest absolute Gasteiger partial charge is 0.329 e. The minimum atomic E-state index is -1.63. The van der Waals surface area contributed by atoms with Crippen LogP contribution in [0.5, 0.6) is 0 Å². The van der Waals surface area contributed by atoms with Crippen LogP contribution < -0.4 is 27.2 Å². The summed E-state index contributed by atoms with van der Waals surface area (Å²) in [5.41, 5.74) is 15.1. The van der Waals surface area contributed by atoms with E-state index in [1.807, 2.05) is 36.4 Å². The lowest BCUT2D eigenvalue weighted by molar-refractivity contribution is -0.0202. The molecule has 0 unspecified atom stereocenters. The number of carbonyl (C=O) groups is 1. The summed E-state index contributed by atoms with van der Waals surface area (Å²) < 4.78 is 5.53. The molecule has 2 aliphatic rings. The van der Waals surface area contributed by atoms with Crippen LogP contribution in [-0.2, 0) is 11.2 Å². The van der Waals surface area contributed by atoms with Crippen LogP contribution in [0, 0.1) is 0 Å². The average Bonchev–Trinajstić information content (AvgIpc) is 3.34. The number of aromatic nitrogens is 2. The lowest BCUT2D eigenvalue weighted by Crippen LogP contribution is -2.50. The van der Waals surface area contributed by atoms with Gasteiger partial charge in [0.05, 0.1) is 6.61 Å². The van der Waals surface area contributed by atoms with Crippen LogP contribution in [0.25, 0.3) is 11.1 Å². The number of urea groups is 1. The number of H-pyrrole nitrogens is 1. The molecule has 4 atom stereocenters. The van der Waals surface area contributed by atoms with Gasteiger partial charge in [-0.25, -0.2) is 9.69 Å². The number of nitrogens with zero attached hydrogens (tertiary/aromatic N) is 2. The topological polar surface area (TPSA) is 200 Å². The quantitative estimate of drug-likeness (QED) is 0.210. The predicted octanol–water partition coefficient (Wildman–Crippen LogP) is -0.0170. The first kappa shape index (κ1) is 22.8. The molecular weight excluding hydrogens is 456 g/mol. The van der Waals surface area contributed by atoms with Gasteiger partial charge < -0.3 is 36.8 Å². The standard InChI is InChI=1S/C23H24N6O6/c24-16-19(27-22(25)28-20(16)33)29(21-18(32)17(31)15(9-30)35-21)23(34)26-12-5-6-14-11(8-12)7-10-3-1-2-4-13(10)14/h1-6,8,15,17-18,21,30-32H,7,9,24H2,(H,26,34)(H3,25,27,28,33)/t15-,17-,18-,21-/m1/s1. The Hall–Kier alpha value is -3.97. The molecule has 0 bridgehead atoms. The second kappa shape index (κ2) is 8.67. The Balaban J connectivity index is 1.50. The van der Waals surface area contributed by atoms with Gasteiger partial charge in [-0.05, 0) is 40.8 Å². The highest BCUT2D eigenvalue weighted by molar-refractivity contribution is 6.03. The molecule has 12 nitrogen and oxygen atoms in total. The summed E-state index contributed by atoms with van der Waals surface area (Å²) in [6.07, 6.45) is -5.12. The average molecular weight is 480 g/mol. The van der Waals surface area contributed by atoms with Gasteiger partial charge in [-0.1, -0.05) is 30.3 Å². The summed E-state index contributed by atoms with van der Waals surface area (Å²) in [5, 5.41) is 33.0. The third-order valence-electron chi connectivity index (χ3n) is 6.22. The number of rotatable bonds is 4. The van der Waals surface area contributed by atoms with Crippen molar-refractivity contribution in [3.05, 3.63) is 63.9 Å². The first-order chi connectivity index (χ1) is 16.8. The highest BCUT2D eigenvalue weighted by Gasteiger charge is 2.48. The van der Waals surface area contributed by atoms with E-state index in [1.165, 1.54) is 5.56 Å². The molecule has 9 N–H and O–H groups in total. The molecule has 2 aromatic carbocycles. The first-order valence-electron chi connectivity index (χ1n) is 10.9. The van der Waals surface area contributed by atoms with Crippen molar-refractivity contribution in [2.75, 3.05) is 28.3 Å².